The van der Waals surface area contributed by atoms with E-state index in [1.54, 1.807) is 40.1 Å². The summed E-state index contributed by atoms with van der Waals surface area (Å²) >= 11 is 0.618. The molecule has 2 aliphatic heterocycles. The van der Waals surface area contributed by atoms with Crippen molar-refractivity contribution in [3.8, 4) is 0 Å². The van der Waals surface area contributed by atoms with Gasteiger partial charge in [-0.1, -0.05) is 36.4 Å². The van der Waals surface area contributed by atoms with Gasteiger partial charge in [-0.05, 0) is 65.4 Å². The Morgan fingerprint density at radius 2 is 1.49 bits per heavy atom. The van der Waals surface area contributed by atoms with Crippen molar-refractivity contribution in [3.63, 3.8) is 0 Å². The summed E-state index contributed by atoms with van der Waals surface area (Å²) in [5.41, 5.74) is -0.554. The maximum atomic E-state index is 13.4. The fourth-order valence-corrected chi connectivity index (χ4v) is 5.68. The average Bonchev–Trinajstić information content (AvgIpc) is 3.24. The average molecular weight is 620 g/mol. The third kappa shape index (κ3) is 6.71. The molecule has 0 aliphatic carbocycles. The van der Waals surface area contributed by atoms with Gasteiger partial charge >= 0.3 is 12.4 Å². The summed E-state index contributed by atoms with van der Waals surface area (Å²) in [6.07, 6.45) is -7.65. The number of piperazine rings is 1. The number of thioether (sulfide) groups is 1. The molecule has 2 aliphatic rings. The van der Waals surface area contributed by atoms with E-state index in [0.717, 1.165) is 23.1 Å². The van der Waals surface area contributed by atoms with Gasteiger partial charge in [-0.3, -0.25) is 19.3 Å². The zero-order valence-electron chi connectivity index (χ0n) is 22.3. The van der Waals surface area contributed by atoms with Crippen LogP contribution in [0.3, 0.4) is 0 Å². The van der Waals surface area contributed by atoms with Gasteiger partial charge in [0.1, 0.15) is 0 Å². The summed E-state index contributed by atoms with van der Waals surface area (Å²) in [4.78, 5) is 42.6. The smallest absolute Gasteiger partial charge is 0.368 e. The first-order valence-corrected chi connectivity index (χ1v) is 13.8. The van der Waals surface area contributed by atoms with Crippen LogP contribution in [0.2, 0.25) is 0 Å². The number of imide groups is 1. The summed E-state index contributed by atoms with van der Waals surface area (Å²) in [5, 5.41) is -0.690. The molecule has 5 rings (SSSR count). The molecule has 2 saturated heterocycles. The first kappa shape index (κ1) is 30.2. The van der Waals surface area contributed by atoms with Crippen LogP contribution < -0.4 is 4.90 Å². The SMILES string of the molecule is O=C(c1ccc(/C=C2\SC(=O)N(Cc3ccccc3C(F)(F)F)C2=O)cc1)N1CCN(c2cccc(C(F)(F)F)c2)CC1. The van der Waals surface area contributed by atoms with Crippen LogP contribution in [0.4, 0.5) is 36.8 Å². The van der Waals surface area contributed by atoms with Crippen LogP contribution in [0.1, 0.15) is 32.6 Å². The van der Waals surface area contributed by atoms with Crippen LogP contribution in [0, 0.1) is 0 Å². The second-order valence-corrected chi connectivity index (χ2v) is 10.9. The van der Waals surface area contributed by atoms with Gasteiger partial charge in [-0.2, -0.15) is 26.3 Å². The number of nitrogens with zero attached hydrogens (tertiary/aromatic N) is 3. The fraction of sp³-hybridized carbons (Fsp3) is 0.233. The van der Waals surface area contributed by atoms with E-state index in [1.807, 2.05) is 0 Å². The number of anilines is 1. The van der Waals surface area contributed by atoms with Crippen molar-refractivity contribution in [2.45, 2.75) is 18.9 Å². The predicted molar refractivity (Wildman–Crippen MR) is 149 cm³/mol. The molecule has 6 nitrogen and oxygen atoms in total. The number of hydrogen-bond donors (Lipinski definition) is 0. The number of benzene rings is 3. The van der Waals surface area contributed by atoms with Crippen molar-refractivity contribution < 1.29 is 40.7 Å². The van der Waals surface area contributed by atoms with Gasteiger partial charge in [0.05, 0.1) is 22.6 Å². The van der Waals surface area contributed by atoms with Gasteiger partial charge in [0.25, 0.3) is 17.1 Å². The Balaban J connectivity index is 1.21. The van der Waals surface area contributed by atoms with Crippen molar-refractivity contribution in [1.29, 1.82) is 0 Å². The Morgan fingerprint density at radius 1 is 0.814 bits per heavy atom. The van der Waals surface area contributed by atoms with Gasteiger partial charge in [0.15, 0.2) is 0 Å². The number of hydrogen-bond acceptors (Lipinski definition) is 5. The Morgan fingerprint density at radius 3 is 2.14 bits per heavy atom. The number of rotatable bonds is 5. The third-order valence-corrected chi connectivity index (χ3v) is 7.99. The van der Waals surface area contributed by atoms with E-state index in [0.29, 0.717) is 54.8 Å². The quantitative estimate of drug-likeness (QED) is 0.229. The van der Waals surface area contributed by atoms with Crippen LogP contribution in [-0.2, 0) is 23.7 Å². The molecule has 0 radical (unpaired) electrons. The van der Waals surface area contributed by atoms with Gasteiger partial charge < -0.3 is 9.80 Å². The minimum absolute atomic E-state index is 0.0410. The van der Waals surface area contributed by atoms with Gasteiger partial charge in [-0.15, -0.1) is 0 Å². The Bertz CT molecular complexity index is 1580. The van der Waals surface area contributed by atoms with Crippen LogP contribution in [0.25, 0.3) is 6.08 Å². The standard InChI is InChI=1S/C30H23F6N3O3S/c31-29(32,33)22-5-3-6-23(17-22)37-12-14-38(15-13-37)26(40)20-10-8-19(9-11-20)16-25-27(41)39(28(42)43-25)18-21-4-1-2-7-24(21)30(34,35)36/h1-11,16-17H,12-15,18H2/b25-16-. The Hall–Kier alpha value is -4.26. The van der Waals surface area contributed by atoms with Crippen molar-refractivity contribution in [2.24, 2.45) is 0 Å². The van der Waals surface area contributed by atoms with Crippen LogP contribution >= 0.6 is 11.8 Å². The molecule has 43 heavy (non-hydrogen) atoms. The molecule has 0 unspecified atom stereocenters. The summed E-state index contributed by atoms with van der Waals surface area (Å²) in [5.74, 6) is -0.982. The van der Waals surface area contributed by atoms with Gasteiger partial charge in [0, 0.05) is 37.4 Å². The second-order valence-electron chi connectivity index (χ2n) is 9.87. The Labute approximate surface area is 246 Å². The molecule has 2 heterocycles. The predicted octanol–water partition coefficient (Wildman–Crippen LogP) is 6.92. The van der Waals surface area contributed by atoms with Crippen molar-refractivity contribution >= 4 is 40.6 Å². The first-order valence-electron chi connectivity index (χ1n) is 13.0. The summed E-state index contributed by atoms with van der Waals surface area (Å²) in [6, 6.07) is 16.1. The highest BCUT2D eigenvalue weighted by molar-refractivity contribution is 8.18. The van der Waals surface area contributed by atoms with Crippen LogP contribution in [0.5, 0.6) is 0 Å². The van der Waals surface area contributed by atoms with E-state index in [-0.39, 0.29) is 16.4 Å². The number of halogens is 6. The van der Waals surface area contributed by atoms with Crippen molar-refractivity contribution in [2.75, 3.05) is 31.1 Å². The molecular weight excluding hydrogens is 596 g/mol. The number of amides is 3. The zero-order valence-corrected chi connectivity index (χ0v) is 23.1. The zero-order chi connectivity index (χ0) is 30.9. The van der Waals surface area contributed by atoms with E-state index in [2.05, 4.69) is 0 Å². The molecule has 0 atom stereocenters. The first-order chi connectivity index (χ1) is 20.3. The molecule has 0 N–H and O–H groups in total. The van der Waals surface area contributed by atoms with Gasteiger partial charge in [-0.25, -0.2) is 0 Å². The van der Waals surface area contributed by atoms with E-state index in [4.69, 9.17) is 0 Å². The summed E-state index contributed by atoms with van der Waals surface area (Å²) in [7, 11) is 0. The molecule has 13 heteroatoms. The summed E-state index contributed by atoms with van der Waals surface area (Å²) in [6.45, 7) is 0.804. The largest absolute Gasteiger partial charge is 0.416 e. The molecule has 0 spiro atoms. The van der Waals surface area contributed by atoms with Gasteiger partial charge in [0.2, 0.25) is 0 Å². The lowest BCUT2D eigenvalue weighted by atomic mass is 10.1. The van der Waals surface area contributed by atoms with Crippen LogP contribution in [0.15, 0.2) is 77.7 Å². The molecule has 3 amide bonds. The molecular formula is C30H23F6N3O3S. The highest BCUT2D eigenvalue weighted by atomic mass is 32.2. The second kappa shape index (κ2) is 11.8. The van der Waals surface area contributed by atoms with Crippen molar-refractivity contribution in [3.05, 3.63) is 106 Å². The highest BCUT2D eigenvalue weighted by Gasteiger charge is 2.38. The van der Waals surface area contributed by atoms with E-state index < -0.39 is 41.2 Å². The van der Waals surface area contributed by atoms with E-state index >= 15 is 0 Å². The number of alkyl halides is 6. The molecule has 3 aromatic carbocycles. The van der Waals surface area contributed by atoms with E-state index in [1.165, 1.54) is 30.3 Å². The molecule has 224 valence electrons. The van der Waals surface area contributed by atoms with Crippen molar-refractivity contribution in [1.82, 2.24) is 9.80 Å². The summed E-state index contributed by atoms with van der Waals surface area (Å²) < 4.78 is 79.3. The highest BCUT2D eigenvalue weighted by Crippen LogP contribution is 2.37. The number of carbonyl (C=O) groups is 3. The third-order valence-electron chi connectivity index (χ3n) is 7.09. The maximum Gasteiger partial charge on any atom is 0.416 e. The molecule has 0 saturated carbocycles. The molecule has 2 fully saturated rings. The Kier molecular flexibility index (Phi) is 8.28. The lowest BCUT2D eigenvalue weighted by Gasteiger charge is -2.36. The number of carbonyl (C=O) groups excluding carboxylic acids is 3. The molecule has 0 bridgehead atoms. The maximum absolute atomic E-state index is 13.4. The lowest BCUT2D eigenvalue weighted by Crippen LogP contribution is -2.48. The minimum atomic E-state index is -4.64. The van der Waals surface area contributed by atoms with E-state index in [9.17, 15) is 40.7 Å². The molecule has 3 aromatic rings. The topological polar surface area (TPSA) is 60.9 Å². The minimum Gasteiger partial charge on any atom is -0.368 e. The molecule has 0 aromatic heterocycles. The van der Waals surface area contributed by atoms with Crippen LogP contribution in [-0.4, -0.2) is 53.0 Å². The normalized spacial score (nSPS) is 17.3. The monoisotopic (exact) mass is 619 g/mol. The lowest BCUT2D eigenvalue weighted by molar-refractivity contribution is -0.139. The fourth-order valence-electron chi connectivity index (χ4n) is 4.84.